The van der Waals surface area contributed by atoms with E-state index in [1.54, 1.807) is 13.8 Å². The number of halogens is 3. The van der Waals surface area contributed by atoms with Gasteiger partial charge in [0.1, 0.15) is 11.9 Å². The lowest BCUT2D eigenvalue weighted by Gasteiger charge is -2.27. The minimum atomic E-state index is -4.38. The number of Topliss-reactive ketones (excluding diaryl/α,β-unsaturated/α-hetero) is 1. The van der Waals surface area contributed by atoms with Crippen molar-refractivity contribution in [2.24, 2.45) is 5.41 Å². The lowest BCUT2D eigenvalue weighted by molar-refractivity contribution is -0.138. The van der Waals surface area contributed by atoms with Crippen molar-refractivity contribution in [3.8, 4) is 0 Å². The summed E-state index contributed by atoms with van der Waals surface area (Å²) in [6.07, 6.45) is -4.55. The molecule has 0 aliphatic heterocycles. The minimum absolute atomic E-state index is 0.0552. The molecule has 0 unspecified atom stereocenters. The van der Waals surface area contributed by atoms with Gasteiger partial charge in [0.05, 0.1) is 12.2 Å². The number of hydrogen-bond donors (Lipinski definition) is 3. The number of alkyl halides is 3. The fourth-order valence-electron chi connectivity index (χ4n) is 2.30. The van der Waals surface area contributed by atoms with Gasteiger partial charge in [-0.25, -0.2) is 0 Å². The van der Waals surface area contributed by atoms with E-state index in [4.69, 9.17) is 5.11 Å². The summed E-state index contributed by atoms with van der Waals surface area (Å²) in [5.41, 5.74) is -1.03. The first-order chi connectivity index (χ1) is 12.5. The molecule has 0 fully saturated rings. The molecule has 3 N–H and O–H groups in total. The van der Waals surface area contributed by atoms with Crippen LogP contribution in [-0.4, -0.2) is 41.2 Å². The number of aliphatic hydroxyl groups excluding tert-OH is 2. The van der Waals surface area contributed by atoms with E-state index in [0.717, 1.165) is 12.1 Å². The molecule has 1 atom stereocenters. The van der Waals surface area contributed by atoms with Gasteiger partial charge in [0, 0.05) is 24.8 Å². The number of ketones is 1. The van der Waals surface area contributed by atoms with Crippen LogP contribution in [0.2, 0.25) is 0 Å². The third-order valence-corrected chi connectivity index (χ3v) is 4.30. The molecule has 0 heterocycles. The van der Waals surface area contributed by atoms with Crippen LogP contribution >= 0.6 is 0 Å². The van der Waals surface area contributed by atoms with Crippen LogP contribution in [0.25, 0.3) is 0 Å². The molecule has 0 spiro atoms. The fourth-order valence-corrected chi connectivity index (χ4v) is 2.30. The second-order valence-corrected chi connectivity index (χ2v) is 7.18. The summed E-state index contributed by atoms with van der Waals surface area (Å²) in [7, 11) is 0. The van der Waals surface area contributed by atoms with Gasteiger partial charge in [0.2, 0.25) is 5.91 Å². The molecular formula is C19H26F3NO4. The SMILES string of the molecule is CC(C)(CO)[C@@H](O)C(=O)NCCCC(=O)CCc1ccc(C(F)(F)F)cc1. The molecule has 27 heavy (non-hydrogen) atoms. The Balaban J connectivity index is 2.29. The molecule has 0 aliphatic rings. The maximum absolute atomic E-state index is 12.5. The largest absolute Gasteiger partial charge is 0.416 e. The average Bonchev–Trinajstić information content (AvgIpc) is 2.62. The summed E-state index contributed by atoms with van der Waals surface area (Å²) in [6.45, 7) is 2.98. The summed E-state index contributed by atoms with van der Waals surface area (Å²) in [5.74, 6) is -0.661. The maximum Gasteiger partial charge on any atom is 0.416 e. The first-order valence-electron chi connectivity index (χ1n) is 8.72. The molecule has 8 heteroatoms. The zero-order valence-corrected chi connectivity index (χ0v) is 15.5. The Labute approximate surface area is 156 Å². The number of aliphatic hydroxyl groups is 2. The molecule has 1 rings (SSSR count). The predicted octanol–water partition coefficient (Wildman–Crippen LogP) is 2.48. The lowest BCUT2D eigenvalue weighted by Crippen LogP contribution is -2.45. The second kappa shape index (κ2) is 9.85. The van der Waals surface area contributed by atoms with Gasteiger partial charge in [-0.15, -0.1) is 0 Å². The molecule has 0 radical (unpaired) electrons. The van der Waals surface area contributed by atoms with E-state index in [1.807, 2.05) is 0 Å². The molecule has 0 aliphatic carbocycles. The Hall–Kier alpha value is -1.93. The van der Waals surface area contributed by atoms with Gasteiger partial charge in [-0.3, -0.25) is 9.59 Å². The van der Waals surface area contributed by atoms with Crippen molar-refractivity contribution in [3.63, 3.8) is 0 Å². The zero-order chi connectivity index (χ0) is 20.7. The number of rotatable bonds is 10. The Morgan fingerprint density at radius 1 is 1.11 bits per heavy atom. The Morgan fingerprint density at radius 3 is 2.22 bits per heavy atom. The third kappa shape index (κ3) is 7.68. The van der Waals surface area contributed by atoms with Gasteiger partial charge in [-0.1, -0.05) is 26.0 Å². The molecule has 0 saturated heterocycles. The highest BCUT2D eigenvalue weighted by Gasteiger charge is 2.32. The van der Waals surface area contributed by atoms with Crippen LogP contribution < -0.4 is 5.32 Å². The molecule has 1 aromatic rings. The average molecular weight is 389 g/mol. The van der Waals surface area contributed by atoms with Crippen LogP contribution in [0.1, 0.15) is 44.2 Å². The third-order valence-electron chi connectivity index (χ3n) is 4.30. The monoisotopic (exact) mass is 389 g/mol. The van der Waals surface area contributed by atoms with Crippen LogP contribution in [0.4, 0.5) is 13.2 Å². The maximum atomic E-state index is 12.5. The van der Waals surface area contributed by atoms with Gasteiger partial charge in [0.15, 0.2) is 0 Å². The van der Waals surface area contributed by atoms with Crippen molar-refractivity contribution in [3.05, 3.63) is 35.4 Å². The minimum Gasteiger partial charge on any atom is -0.396 e. The fraction of sp³-hybridized carbons (Fsp3) is 0.579. The second-order valence-electron chi connectivity index (χ2n) is 7.18. The quantitative estimate of drug-likeness (QED) is 0.537. The van der Waals surface area contributed by atoms with Crippen molar-refractivity contribution in [2.75, 3.05) is 13.2 Å². The van der Waals surface area contributed by atoms with Gasteiger partial charge in [0.25, 0.3) is 0 Å². The Kier molecular flexibility index (Phi) is 8.43. The van der Waals surface area contributed by atoms with Crippen LogP contribution in [0.15, 0.2) is 24.3 Å². The Bertz CT molecular complexity index is 627. The number of aryl methyl sites for hydroxylation is 1. The van der Waals surface area contributed by atoms with Crippen LogP contribution in [0, 0.1) is 5.41 Å². The highest BCUT2D eigenvalue weighted by Crippen LogP contribution is 2.29. The van der Waals surface area contributed by atoms with E-state index in [1.165, 1.54) is 12.1 Å². The van der Waals surface area contributed by atoms with Gasteiger partial charge in [-0.2, -0.15) is 13.2 Å². The van der Waals surface area contributed by atoms with E-state index in [2.05, 4.69) is 5.32 Å². The van der Waals surface area contributed by atoms with Crippen molar-refractivity contribution >= 4 is 11.7 Å². The number of carbonyl (C=O) groups excluding carboxylic acids is 2. The number of carbonyl (C=O) groups is 2. The normalized spacial score (nSPS) is 13.3. The molecule has 0 aromatic heterocycles. The molecule has 1 amide bonds. The Morgan fingerprint density at radius 2 is 1.70 bits per heavy atom. The van der Waals surface area contributed by atoms with Crippen molar-refractivity contribution in [1.82, 2.24) is 5.32 Å². The molecule has 0 bridgehead atoms. The van der Waals surface area contributed by atoms with Crippen LogP contribution in [0.5, 0.6) is 0 Å². The summed E-state index contributed by atoms with van der Waals surface area (Å²) in [4.78, 5) is 23.6. The highest BCUT2D eigenvalue weighted by atomic mass is 19.4. The number of nitrogens with one attached hydrogen (secondary N) is 1. The van der Waals surface area contributed by atoms with E-state index in [-0.39, 0.29) is 31.8 Å². The highest BCUT2D eigenvalue weighted by molar-refractivity contribution is 5.81. The standard InChI is InChI=1S/C19H26F3NO4/c1-18(2,12-24)16(26)17(27)23-11-3-4-15(25)10-7-13-5-8-14(9-6-13)19(20,21)22/h5-6,8-9,16,24,26H,3-4,7,10-12H2,1-2H3,(H,23,27)/t16-/m0/s1. The van der Waals surface area contributed by atoms with E-state index >= 15 is 0 Å². The summed E-state index contributed by atoms with van der Waals surface area (Å²) in [5, 5.41) is 21.5. The molecule has 0 saturated carbocycles. The lowest BCUT2D eigenvalue weighted by atomic mass is 9.87. The van der Waals surface area contributed by atoms with Gasteiger partial charge < -0.3 is 15.5 Å². The molecule has 5 nitrogen and oxygen atoms in total. The van der Waals surface area contributed by atoms with E-state index < -0.39 is 29.2 Å². The first kappa shape index (κ1) is 23.1. The number of amides is 1. The summed E-state index contributed by atoms with van der Waals surface area (Å²) in [6, 6.07) is 4.71. The van der Waals surface area contributed by atoms with Crippen molar-refractivity contribution in [1.29, 1.82) is 0 Å². The summed E-state index contributed by atoms with van der Waals surface area (Å²) < 4.78 is 37.5. The van der Waals surface area contributed by atoms with Crippen LogP contribution in [-0.2, 0) is 22.2 Å². The van der Waals surface area contributed by atoms with Gasteiger partial charge >= 0.3 is 6.18 Å². The molecular weight excluding hydrogens is 363 g/mol. The predicted molar refractivity (Wildman–Crippen MR) is 93.9 cm³/mol. The van der Waals surface area contributed by atoms with Crippen molar-refractivity contribution < 1.29 is 33.0 Å². The number of benzene rings is 1. The summed E-state index contributed by atoms with van der Waals surface area (Å²) >= 11 is 0. The molecule has 1 aromatic carbocycles. The smallest absolute Gasteiger partial charge is 0.396 e. The van der Waals surface area contributed by atoms with Crippen molar-refractivity contribution in [2.45, 2.75) is 51.8 Å². The van der Waals surface area contributed by atoms with E-state index in [9.17, 15) is 27.9 Å². The van der Waals surface area contributed by atoms with E-state index in [0.29, 0.717) is 18.4 Å². The topological polar surface area (TPSA) is 86.6 Å². The number of hydrogen-bond acceptors (Lipinski definition) is 4. The van der Waals surface area contributed by atoms with Gasteiger partial charge in [-0.05, 0) is 30.5 Å². The molecule has 152 valence electrons. The zero-order valence-electron chi connectivity index (χ0n) is 15.5. The first-order valence-corrected chi connectivity index (χ1v) is 8.72. The van der Waals surface area contributed by atoms with Crippen LogP contribution in [0.3, 0.4) is 0 Å².